The predicted molar refractivity (Wildman–Crippen MR) is 86.2 cm³/mol. The standard InChI is InChI=1S/C16H24N2O2S/c1-13(2)10-11-14(3)18-21(19,20)16-9-5-4-7-15(16)8-6-12-17/h4-5,7,9,13-14,18H,10-12,17H2,1-3H3. The number of hydrogen-bond acceptors (Lipinski definition) is 3. The number of rotatable bonds is 6. The van der Waals surface area contributed by atoms with Gasteiger partial charge >= 0.3 is 0 Å². The lowest BCUT2D eigenvalue weighted by Gasteiger charge is -2.16. The Hall–Kier alpha value is -1.35. The summed E-state index contributed by atoms with van der Waals surface area (Å²) in [4.78, 5) is 0.211. The summed E-state index contributed by atoms with van der Waals surface area (Å²) in [6.07, 6.45) is 1.80. The molecule has 0 saturated heterocycles. The first-order valence-corrected chi connectivity index (χ1v) is 8.65. The van der Waals surface area contributed by atoms with Gasteiger partial charge in [-0.1, -0.05) is 37.8 Å². The molecule has 0 aliphatic carbocycles. The van der Waals surface area contributed by atoms with Gasteiger partial charge in [-0.3, -0.25) is 0 Å². The van der Waals surface area contributed by atoms with Crippen LogP contribution in [0.25, 0.3) is 0 Å². The molecule has 0 aromatic heterocycles. The highest BCUT2D eigenvalue weighted by Crippen LogP contribution is 2.16. The zero-order chi connectivity index (χ0) is 15.9. The fourth-order valence-corrected chi connectivity index (χ4v) is 3.36. The maximum absolute atomic E-state index is 12.5. The highest BCUT2D eigenvalue weighted by atomic mass is 32.2. The van der Waals surface area contributed by atoms with Crippen LogP contribution in [0.2, 0.25) is 0 Å². The lowest BCUT2D eigenvalue weighted by atomic mass is 10.1. The summed E-state index contributed by atoms with van der Waals surface area (Å²) in [7, 11) is -3.56. The van der Waals surface area contributed by atoms with Gasteiger partial charge in [0.05, 0.1) is 11.4 Å². The highest BCUT2D eigenvalue weighted by molar-refractivity contribution is 7.89. The Balaban J connectivity index is 2.93. The fraction of sp³-hybridized carbons (Fsp3) is 0.500. The summed E-state index contributed by atoms with van der Waals surface area (Å²) in [6, 6.07) is 6.62. The molecule has 21 heavy (non-hydrogen) atoms. The molecule has 0 fully saturated rings. The van der Waals surface area contributed by atoms with Crippen molar-refractivity contribution < 1.29 is 8.42 Å². The van der Waals surface area contributed by atoms with Crippen LogP contribution in [-0.4, -0.2) is 21.0 Å². The zero-order valence-corrected chi connectivity index (χ0v) is 13.7. The van der Waals surface area contributed by atoms with Gasteiger partial charge < -0.3 is 5.73 Å². The summed E-state index contributed by atoms with van der Waals surface area (Å²) in [5.74, 6) is 6.06. The first-order valence-electron chi connectivity index (χ1n) is 7.17. The first-order chi connectivity index (χ1) is 9.86. The van der Waals surface area contributed by atoms with Gasteiger partial charge in [-0.15, -0.1) is 0 Å². The summed E-state index contributed by atoms with van der Waals surface area (Å²) in [6.45, 7) is 6.33. The molecule has 116 valence electrons. The number of sulfonamides is 1. The molecule has 1 unspecified atom stereocenters. The van der Waals surface area contributed by atoms with E-state index in [4.69, 9.17) is 5.73 Å². The van der Waals surface area contributed by atoms with Gasteiger partial charge in [-0.25, -0.2) is 13.1 Å². The highest BCUT2D eigenvalue weighted by Gasteiger charge is 2.20. The Bertz CT molecular complexity index is 613. The van der Waals surface area contributed by atoms with Crippen LogP contribution in [0.1, 0.15) is 39.2 Å². The van der Waals surface area contributed by atoms with Crippen molar-refractivity contribution in [3.63, 3.8) is 0 Å². The quantitative estimate of drug-likeness (QED) is 0.791. The molecule has 1 aromatic rings. The largest absolute Gasteiger partial charge is 0.320 e. The van der Waals surface area contributed by atoms with E-state index in [1.165, 1.54) is 0 Å². The molecule has 0 spiro atoms. The van der Waals surface area contributed by atoms with Crippen molar-refractivity contribution in [1.82, 2.24) is 4.72 Å². The SMILES string of the molecule is CC(C)CCC(C)NS(=O)(=O)c1ccccc1C#CCN. The number of nitrogens with two attached hydrogens (primary N) is 1. The minimum atomic E-state index is -3.56. The molecular weight excluding hydrogens is 284 g/mol. The molecule has 0 aliphatic heterocycles. The van der Waals surface area contributed by atoms with Crippen LogP contribution in [0, 0.1) is 17.8 Å². The monoisotopic (exact) mass is 308 g/mol. The maximum atomic E-state index is 12.5. The fourth-order valence-electron chi connectivity index (χ4n) is 1.92. The number of nitrogens with one attached hydrogen (secondary N) is 1. The Labute approximate surface area is 128 Å². The van der Waals surface area contributed by atoms with Gasteiger partial charge in [0.2, 0.25) is 10.0 Å². The molecule has 0 radical (unpaired) electrons. The van der Waals surface area contributed by atoms with E-state index in [0.29, 0.717) is 11.5 Å². The molecule has 0 aliphatic rings. The predicted octanol–water partition coefficient (Wildman–Crippen LogP) is 2.10. The Morgan fingerprint density at radius 3 is 2.48 bits per heavy atom. The molecule has 5 heteroatoms. The summed E-state index contributed by atoms with van der Waals surface area (Å²) < 4.78 is 27.6. The molecule has 3 N–H and O–H groups in total. The Morgan fingerprint density at radius 2 is 1.86 bits per heavy atom. The normalized spacial score (nSPS) is 12.8. The molecule has 0 heterocycles. The number of benzene rings is 1. The van der Waals surface area contributed by atoms with Gasteiger partial charge in [-0.05, 0) is 37.8 Å². The second-order valence-electron chi connectivity index (χ2n) is 5.50. The van der Waals surface area contributed by atoms with Gasteiger partial charge in [0, 0.05) is 11.6 Å². The van der Waals surface area contributed by atoms with E-state index >= 15 is 0 Å². The van der Waals surface area contributed by atoms with Crippen molar-refractivity contribution in [2.75, 3.05) is 6.54 Å². The third-order valence-corrected chi connectivity index (χ3v) is 4.68. The van der Waals surface area contributed by atoms with Crippen molar-refractivity contribution in [3.05, 3.63) is 29.8 Å². The van der Waals surface area contributed by atoms with E-state index in [2.05, 4.69) is 30.4 Å². The van der Waals surface area contributed by atoms with Gasteiger partial charge in [-0.2, -0.15) is 0 Å². The Kier molecular flexibility index (Phi) is 6.90. The second kappa shape index (κ2) is 8.18. The second-order valence-corrected chi connectivity index (χ2v) is 7.18. The third-order valence-electron chi connectivity index (χ3n) is 3.04. The molecule has 0 bridgehead atoms. The van der Waals surface area contributed by atoms with Crippen LogP contribution in [0.4, 0.5) is 0 Å². The lowest BCUT2D eigenvalue weighted by molar-refractivity contribution is 0.485. The molecule has 0 saturated carbocycles. The summed E-state index contributed by atoms with van der Waals surface area (Å²) >= 11 is 0. The molecular formula is C16H24N2O2S. The van der Waals surface area contributed by atoms with Gasteiger partial charge in [0.15, 0.2) is 0 Å². The summed E-state index contributed by atoms with van der Waals surface area (Å²) in [5, 5.41) is 0. The van der Waals surface area contributed by atoms with Crippen LogP contribution in [0.3, 0.4) is 0 Å². The average molecular weight is 308 g/mol. The van der Waals surface area contributed by atoms with E-state index < -0.39 is 10.0 Å². The van der Waals surface area contributed by atoms with Crippen molar-refractivity contribution in [2.24, 2.45) is 11.7 Å². The first kappa shape index (κ1) is 17.7. The van der Waals surface area contributed by atoms with E-state index in [0.717, 1.165) is 12.8 Å². The topological polar surface area (TPSA) is 72.2 Å². The van der Waals surface area contributed by atoms with Crippen LogP contribution in [-0.2, 0) is 10.0 Å². The molecule has 1 rings (SSSR count). The van der Waals surface area contributed by atoms with E-state index in [1.807, 2.05) is 6.92 Å². The van der Waals surface area contributed by atoms with Crippen LogP contribution in [0.15, 0.2) is 29.2 Å². The summed E-state index contributed by atoms with van der Waals surface area (Å²) in [5.41, 5.74) is 5.82. The van der Waals surface area contributed by atoms with Crippen molar-refractivity contribution >= 4 is 10.0 Å². The van der Waals surface area contributed by atoms with Gasteiger partial charge in [0.25, 0.3) is 0 Å². The van der Waals surface area contributed by atoms with E-state index in [-0.39, 0.29) is 17.5 Å². The van der Waals surface area contributed by atoms with Crippen molar-refractivity contribution in [2.45, 2.75) is 44.6 Å². The number of hydrogen-bond donors (Lipinski definition) is 2. The van der Waals surface area contributed by atoms with E-state index in [9.17, 15) is 8.42 Å². The van der Waals surface area contributed by atoms with Crippen molar-refractivity contribution in [1.29, 1.82) is 0 Å². The maximum Gasteiger partial charge on any atom is 0.242 e. The average Bonchev–Trinajstić information content (AvgIpc) is 2.42. The zero-order valence-electron chi connectivity index (χ0n) is 12.9. The van der Waals surface area contributed by atoms with Crippen molar-refractivity contribution in [3.8, 4) is 11.8 Å². The molecule has 1 atom stereocenters. The molecule has 4 nitrogen and oxygen atoms in total. The van der Waals surface area contributed by atoms with Crippen LogP contribution < -0.4 is 10.5 Å². The minimum absolute atomic E-state index is 0.104. The molecule has 1 aromatic carbocycles. The molecule has 0 amide bonds. The lowest BCUT2D eigenvalue weighted by Crippen LogP contribution is -2.33. The van der Waals surface area contributed by atoms with Crippen LogP contribution in [0.5, 0.6) is 0 Å². The Morgan fingerprint density at radius 1 is 1.19 bits per heavy atom. The third kappa shape index (κ3) is 5.88. The van der Waals surface area contributed by atoms with E-state index in [1.54, 1.807) is 24.3 Å². The minimum Gasteiger partial charge on any atom is -0.320 e. The van der Waals surface area contributed by atoms with Gasteiger partial charge in [0.1, 0.15) is 0 Å². The van der Waals surface area contributed by atoms with Crippen LogP contribution >= 0.6 is 0 Å². The smallest absolute Gasteiger partial charge is 0.242 e.